The maximum atomic E-state index is 8.77. The SMILES string of the molecule is C=C/C(C#Cc1cccc(C#N)c1)=C\C(=C)C. The first-order chi connectivity index (χ1) is 8.15. The number of hydrogen-bond acceptors (Lipinski definition) is 1. The van der Waals surface area contributed by atoms with Gasteiger partial charge in [-0.25, -0.2) is 0 Å². The number of benzene rings is 1. The molecule has 1 heteroatoms. The Labute approximate surface area is 102 Å². The van der Waals surface area contributed by atoms with Crippen molar-refractivity contribution in [1.29, 1.82) is 5.26 Å². The van der Waals surface area contributed by atoms with E-state index in [1.165, 1.54) is 0 Å². The van der Waals surface area contributed by atoms with Gasteiger partial charge < -0.3 is 0 Å². The van der Waals surface area contributed by atoms with Crippen LogP contribution in [0.25, 0.3) is 0 Å². The first kappa shape index (κ1) is 12.6. The molecule has 0 unspecified atom stereocenters. The van der Waals surface area contributed by atoms with Crippen LogP contribution in [0, 0.1) is 23.2 Å². The summed E-state index contributed by atoms with van der Waals surface area (Å²) in [5.41, 5.74) is 3.18. The predicted molar refractivity (Wildman–Crippen MR) is 71.1 cm³/mol. The Bertz CT molecular complexity index is 572. The first-order valence-electron chi connectivity index (χ1n) is 5.17. The maximum absolute atomic E-state index is 8.77. The van der Waals surface area contributed by atoms with Crippen molar-refractivity contribution in [2.24, 2.45) is 0 Å². The lowest BCUT2D eigenvalue weighted by atomic mass is 10.1. The van der Waals surface area contributed by atoms with Gasteiger partial charge in [0.05, 0.1) is 11.6 Å². The normalized spacial score (nSPS) is 9.76. The third kappa shape index (κ3) is 4.24. The fourth-order valence-electron chi connectivity index (χ4n) is 1.22. The molecule has 0 saturated carbocycles. The molecule has 1 aromatic rings. The second-order valence-corrected chi connectivity index (χ2v) is 3.59. The van der Waals surface area contributed by atoms with Gasteiger partial charge in [-0.05, 0) is 31.2 Å². The van der Waals surface area contributed by atoms with Crippen LogP contribution in [0.2, 0.25) is 0 Å². The van der Waals surface area contributed by atoms with Crippen LogP contribution in [-0.2, 0) is 0 Å². The van der Waals surface area contributed by atoms with Crippen LogP contribution >= 0.6 is 0 Å². The molecule has 0 aliphatic carbocycles. The zero-order chi connectivity index (χ0) is 12.7. The highest BCUT2D eigenvalue weighted by Gasteiger charge is 1.91. The summed E-state index contributed by atoms with van der Waals surface area (Å²) in [6.45, 7) is 9.39. The van der Waals surface area contributed by atoms with Crippen LogP contribution < -0.4 is 0 Å². The Morgan fingerprint density at radius 1 is 1.35 bits per heavy atom. The lowest BCUT2D eigenvalue weighted by Crippen LogP contribution is -1.79. The average molecular weight is 219 g/mol. The van der Waals surface area contributed by atoms with Crippen molar-refractivity contribution in [3.63, 3.8) is 0 Å². The summed E-state index contributed by atoms with van der Waals surface area (Å²) < 4.78 is 0. The topological polar surface area (TPSA) is 23.8 Å². The number of rotatable bonds is 2. The molecule has 0 aromatic heterocycles. The largest absolute Gasteiger partial charge is 0.192 e. The standard InChI is InChI=1S/C16H13N/c1-4-14(10-13(2)3)8-9-15-6-5-7-16(11-15)12-17/h4-7,10-11H,1-2H2,3H3/b14-10+. The van der Waals surface area contributed by atoms with Gasteiger partial charge in [0.1, 0.15) is 0 Å². The molecule has 0 heterocycles. The summed E-state index contributed by atoms with van der Waals surface area (Å²) >= 11 is 0. The van der Waals surface area contributed by atoms with Gasteiger partial charge in [-0.1, -0.05) is 42.7 Å². The van der Waals surface area contributed by atoms with Crippen molar-refractivity contribution in [3.05, 3.63) is 71.8 Å². The zero-order valence-corrected chi connectivity index (χ0v) is 9.83. The van der Waals surface area contributed by atoms with Gasteiger partial charge in [0.2, 0.25) is 0 Å². The van der Waals surface area contributed by atoms with Crippen LogP contribution in [0.15, 0.2) is 60.7 Å². The zero-order valence-electron chi connectivity index (χ0n) is 9.83. The van der Waals surface area contributed by atoms with E-state index in [4.69, 9.17) is 5.26 Å². The predicted octanol–water partition coefficient (Wildman–Crippen LogP) is 3.60. The molecule has 0 saturated heterocycles. The molecule has 17 heavy (non-hydrogen) atoms. The number of allylic oxidation sites excluding steroid dienone is 4. The summed E-state index contributed by atoms with van der Waals surface area (Å²) in [6.07, 6.45) is 3.56. The lowest BCUT2D eigenvalue weighted by Gasteiger charge is -1.92. The van der Waals surface area contributed by atoms with Gasteiger partial charge in [0.25, 0.3) is 0 Å². The summed E-state index contributed by atoms with van der Waals surface area (Å²) in [5, 5.41) is 8.77. The molecule has 0 bridgehead atoms. The average Bonchev–Trinajstić information content (AvgIpc) is 2.34. The highest BCUT2D eigenvalue weighted by Crippen LogP contribution is 2.04. The Morgan fingerprint density at radius 2 is 2.06 bits per heavy atom. The van der Waals surface area contributed by atoms with E-state index in [1.54, 1.807) is 18.2 Å². The summed E-state index contributed by atoms with van der Waals surface area (Å²) in [5.74, 6) is 5.99. The van der Waals surface area contributed by atoms with Crippen molar-refractivity contribution < 1.29 is 0 Å². The minimum absolute atomic E-state index is 0.612. The van der Waals surface area contributed by atoms with Gasteiger partial charge in [0.15, 0.2) is 0 Å². The van der Waals surface area contributed by atoms with Crippen LogP contribution in [0.3, 0.4) is 0 Å². The number of nitrogens with zero attached hydrogens (tertiary/aromatic N) is 1. The third-order valence-corrected chi connectivity index (χ3v) is 1.96. The molecule has 0 amide bonds. The summed E-state index contributed by atoms with van der Waals surface area (Å²) in [7, 11) is 0. The second-order valence-electron chi connectivity index (χ2n) is 3.59. The molecule has 0 N–H and O–H groups in total. The van der Waals surface area contributed by atoms with Crippen molar-refractivity contribution in [2.75, 3.05) is 0 Å². The fourth-order valence-corrected chi connectivity index (χ4v) is 1.22. The van der Waals surface area contributed by atoms with Crippen LogP contribution in [0.1, 0.15) is 18.1 Å². The van der Waals surface area contributed by atoms with E-state index in [9.17, 15) is 0 Å². The van der Waals surface area contributed by atoms with Crippen LogP contribution in [0.4, 0.5) is 0 Å². The monoisotopic (exact) mass is 219 g/mol. The molecule has 0 fully saturated rings. The minimum atomic E-state index is 0.612. The minimum Gasteiger partial charge on any atom is -0.192 e. The Kier molecular flexibility index (Phi) is 4.55. The van der Waals surface area contributed by atoms with E-state index in [0.717, 1.165) is 16.7 Å². The molecule has 1 nitrogen and oxygen atoms in total. The van der Waals surface area contributed by atoms with Gasteiger partial charge in [-0.3, -0.25) is 0 Å². The molecular weight excluding hydrogens is 206 g/mol. The molecule has 1 rings (SSSR count). The van der Waals surface area contributed by atoms with E-state index < -0.39 is 0 Å². The van der Waals surface area contributed by atoms with Crippen molar-refractivity contribution >= 4 is 0 Å². The number of hydrogen-bond donors (Lipinski definition) is 0. The van der Waals surface area contributed by atoms with Gasteiger partial charge in [0, 0.05) is 11.1 Å². The third-order valence-electron chi connectivity index (χ3n) is 1.96. The highest BCUT2D eigenvalue weighted by atomic mass is 14.2. The van der Waals surface area contributed by atoms with Gasteiger partial charge in [-0.2, -0.15) is 5.26 Å². The van der Waals surface area contributed by atoms with E-state index in [1.807, 2.05) is 25.1 Å². The maximum Gasteiger partial charge on any atom is 0.0992 e. The Hall–Kier alpha value is -2.51. The fraction of sp³-hybridized carbons (Fsp3) is 0.0625. The lowest BCUT2D eigenvalue weighted by molar-refractivity contribution is 1.48. The quantitative estimate of drug-likeness (QED) is 0.550. The molecular formula is C16H13N. The summed E-state index contributed by atoms with van der Waals surface area (Å²) in [6, 6.07) is 9.28. The van der Waals surface area contributed by atoms with Gasteiger partial charge >= 0.3 is 0 Å². The van der Waals surface area contributed by atoms with E-state index in [-0.39, 0.29) is 0 Å². The smallest absolute Gasteiger partial charge is 0.0992 e. The molecule has 0 aliphatic heterocycles. The molecule has 82 valence electrons. The van der Waals surface area contributed by atoms with Crippen molar-refractivity contribution in [2.45, 2.75) is 6.92 Å². The highest BCUT2D eigenvalue weighted by molar-refractivity contribution is 5.48. The molecule has 0 radical (unpaired) electrons. The van der Waals surface area contributed by atoms with E-state index in [2.05, 4.69) is 31.1 Å². The van der Waals surface area contributed by atoms with E-state index >= 15 is 0 Å². The number of nitriles is 1. The summed E-state index contributed by atoms with van der Waals surface area (Å²) in [4.78, 5) is 0. The Morgan fingerprint density at radius 3 is 2.65 bits per heavy atom. The van der Waals surface area contributed by atoms with Gasteiger partial charge in [-0.15, -0.1) is 0 Å². The van der Waals surface area contributed by atoms with Crippen LogP contribution in [-0.4, -0.2) is 0 Å². The first-order valence-corrected chi connectivity index (χ1v) is 5.17. The van der Waals surface area contributed by atoms with E-state index in [0.29, 0.717) is 5.56 Å². The second kappa shape index (κ2) is 6.16. The van der Waals surface area contributed by atoms with Crippen LogP contribution in [0.5, 0.6) is 0 Å². The van der Waals surface area contributed by atoms with Crippen molar-refractivity contribution in [3.8, 4) is 17.9 Å². The Balaban J connectivity index is 3.02. The molecule has 0 aliphatic rings. The molecule has 0 spiro atoms. The molecule has 0 atom stereocenters. The molecule has 1 aromatic carbocycles. The van der Waals surface area contributed by atoms with Crippen molar-refractivity contribution in [1.82, 2.24) is 0 Å².